The average Bonchev–Trinajstić information content (AvgIpc) is 2.54. The molecule has 4 heteroatoms. The van der Waals surface area contributed by atoms with E-state index in [9.17, 15) is 5.11 Å². The molecule has 0 aliphatic carbocycles. The van der Waals surface area contributed by atoms with Gasteiger partial charge in [0.2, 0.25) is 0 Å². The van der Waals surface area contributed by atoms with Crippen molar-refractivity contribution in [3.8, 4) is 5.75 Å². The summed E-state index contributed by atoms with van der Waals surface area (Å²) in [6.45, 7) is 9.00. The third kappa shape index (κ3) is 3.80. The maximum atomic E-state index is 9.89. The van der Waals surface area contributed by atoms with Gasteiger partial charge in [0.25, 0.3) is 0 Å². The molecule has 2 aliphatic heterocycles. The Morgan fingerprint density at radius 2 is 2.05 bits per heavy atom. The molecule has 2 N–H and O–H groups in total. The molecule has 2 fully saturated rings. The van der Waals surface area contributed by atoms with Gasteiger partial charge in [-0.3, -0.25) is 4.90 Å². The molecule has 22 heavy (non-hydrogen) atoms. The zero-order valence-electron chi connectivity index (χ0n) is 13.7. The van der Waals surface area contributed by atoms with Gasteiger partial charge in [0.05, 0.1) is 0 Å². The van der Waals surface area contributed by atoms with Crippen molar-refractivity contribution in [3.63, 3.8) is 0 Å². The number of hydrogen-bond donors (Lipinski definition) is 2. The molecular formula is C18H29N3O. The van der Waals surface area contributed by atoms with E-state index in [2.05, 4.69) is 28.1 Å². The van der Waals surface area contributed by atoms with Crippen molar-refractivity contribution >= 4 is 0 Å². The molecule has 2 atom stereocenters. The maximum Gasteiger partial charge on any atom is 0.115 e. The summed E-state index contributed by atoms with van der Waals surface area (Å²) in [7, 11) is 0. The highest BCUT2D eigenvalue weighted by molar-refractivity contribution is 5.30. The topological polar surface area (TPSA) is 38.7 Å². The van der Waals surface area contributed by atoms with Gasteiger partial charge in [-0.2, -0.15) is 0 Å². The first-order chi connectivity index (χ1) is 10.7. The van der Waals surface area contributed by atoms with Crippen LogP contribution in [0, 0.1) is 0 Å². The Kier molecular flexibility index (Phi) is 5.34. The second-order valence-electron chi connectivity index (χ2n) is 6.76. The monoisotopic (exact) mass is 303 g/mol. The van der Waals surface area contributed by atoms with E-state index in [1.165, 1.54) is 37.9 Å². The van der Waals surface area contributed by atoms with Crippen LogP contribution in [-0.4, -0.2) is 60.2 Å². The van der Waals surface area contributed by atoms with Crippen LogP contribution < -0.4 is 5.32 Å². The third-order valence-corrected chi connectivity index (χ3v) is 5.09. The Balaban J connectivity index is 1.80. The highest BCUT2D eigenvalue weighted by atomic mass is 16.3. The van der Waals surface area contributed by atoms with Crippen LogP contribution in [0.1, 0.15) is 37.8 Å². The normalized spacial score (nSPS) is 26.0. The lowest BCUT2D eigenvalue weighted by Gasteiger charge is -2.42. The standard InChI is InChI=1S/C18H29N3O/c1-15-13-19-8-11-21(15)18(14-20-9-3-2-4-10-20)16-6-5-7-17(22)12-16/h5-7,12,15,18-19,22H,2-4,8-11,13-14H2,1H3. The number of piperidine rings is 1. The first-order valence-electron chi connectivity index (χ1n) is 8.72. The van der Waals surface area contributed by atoms with E-state index in [1.54, 1.807) is 6.07 Å². The highest BCUT2D eigenvalue weighted by Crippen LogP contribution is 2.28. The summed E-state index contributed by atoms with van der Waals surface area (Å²) < 4.78 is 0. The number of phenols is 1. The Bertz CT molecular complexity index is 473. The molecule has 0 bridgehead atoms. The van der Waals surface area contributed by atoms with Gasteiger partial charge in [0.15, 0.2) is 0 Å². The van der Waals surface area contributed by atoms with Gasteiger partial charge < -0.3 is 15.3 Å². The van der Waals surface area contributed by atoms with Gasteiger partial charge in [-0.05, 0) is 50.6 Å². The average molecular weight is 303 g/mol. The van der Waals surface area contributed by atoms with Crippen molar-refractivity contribution < 1.29 is 5.11 Å². The Labute approximate surface area is 134 Å². The molecule has 0 saturated carbocycles. The second-order valence-corrected chi connectivity index (χ2v) is 6.76. The lowest BCUT2D eigenvalue weighted by Crippen LogP contribution is -2.53. The fourth-order valence-corrected chi connectivity index (χ4v) is 3.84. The lowest BCUT2D eigenvalue weighted by molar-refractivity contribution is 0.0779. The molecule has 2 heterocycles. The summed E-state index contributed by atoms with van der Waals surface area (Å²) in [6.07, 6.45) is 4.02. The largest absolute Gasteiger partial charge is 0.508 e. The molecular weight excluding hydrogens is 274 g/mol. The molecule has 1 aromatic carbocycles. The number of rotatable bonds is 4. The van der Waals surface area contributed by atoms with E-state index in [1.807, 2.05) is 12.1 Å². The number of piperazine rings is 1. The van der Waals surface area contributed by atoms with Crippen LogP contribution in [-0.2, 0) is 0 Å². The van der Waals surface area contributed by atoms with E-state index in [0.29, 0.717) is 17.8 Å². The van der Waals surface area contributed by atoms with Crippen LogP contribution in [0.3, 0.4) is 0 Å². The third-order valence-electron chi connectivity index (χ3n) is 5.09. The van der Waals surface area contributed by atoms with E-state index in [4.69, 9.17) is 0 Å². The number of likely N-dealkylation sites (tertiary alicyclic amines) is 1. The number of benzene rings is 1. The molecule has 2 saturated heterocycles. The lowest BCUT2D eigenvalue weighted by atomic mass is 10.00. The predicted molar refractivity (Wildman–Crippen MR) is 90.2 cm³/mol. The first kappa shape index (κ1) is 15.8. The summed E-state index contributed by atoms with van der Waals surface area (Å²) in [5.41, 5.74) is 1.25. The summed E-state index contributed by atoms with van der Waals surface area (Å²) in [5, 5.41) is 13.4. The van der Waals surface area contributed by atoms with Crippen molar-refractivity contribution in [2.45, 2.75) is 38.3 Å². The molecule has 4 nitrogen and oxygen atoms in total. The quantitative estimate of drug-likeness (QED) is 0.894. The molecule has 0 aromatic heterocycles. The van der Waals surface area contributed by atoms with Crippen LogP contribution in [0.5, 0.6) is 5.75 Å². The molecule has 0 spiro atoms. The SMILES string of the molecule is CC1CNCCN1C(CN1CCCCC1)c1cccc(O)c1. The van der Waals surface area contributed by atoms with Crippen LogP contribution in [0.4, 0.5) is 0 Å². The smallest absolute Gasteiger partial charge is 0.115 e. The van der Waals surface area contributed by atoms with Gasteiger partial charge >= 0.3 is 0 Å². The highest BCUT2D eigenvalue weighted by Gasteiger charge is 2.29. The van der Waals surface area contributed by atoms with E-state index in [-0.39, 0.29) is 0 Å². The summed E-state index contributed by atoms with van der Waals surface area (Å²) in [6, 6.07) is 8.77. The molecule has 3 rings (SSSR count). The molecule has 2 aliphatic rings. The van der Waals surface area contributed by atoms with Gasteiger partial charge in [0, 0.05) is 38.3 Å². The van der Waals surface area contributed by atoms with Crippen molar-refractivity contribution in [1.29, 1.82) is 0 Å². The minimum Gasteiger partial charge on any atom is -0.508 e. The number of aromatic hydroxyl groups is 1. The Hall–Kier alpha value is -1.10. The van der Waals surface area contributed by atoms with E-state index >= 15 is 0 Å². The molecule has 2 unspecified atom stereocenters. The minimum atomic E-state index is 0.377. The van der Waals surface area contributed by atoms with Crippen molar-refractivity contribution in [2.24, 2.45) is 0 Å². The number of hydrogen-bond acceptors (Lipinski definition) is 4. The van der Waals surface area contributed by atoms with Crippen molar-refractivity contribution in [2.75, 3.05) is 39.3 Å². The first-order valence-corrected chi connectivity index (χ1v) is 8.72. The van der Waals surface area contributed by atoms with Crippen LogP contribution >= 0.6 is 0 Å². The van der Waals surface area contributed by atoms with E-state index in [0.717, 1.165) is 26.2 Å². The summed E-state index contributed by atoms with van der Waals surface area (Å²) in [5.74, 6) is 0.379. The van der Waals surface area contributed by atoms with Gasteiger partial charge in [0.1, 0.15) is 5.75 Å². The van der Waals surface area contributed by atoms with Crippen molar-refractivity contribution in [3.05, 3.63) is 29.8 Å². The Morgan fingerprint density at radius 1 is 1.23 bits per heavy atom. The van der Waals surface area contributed by atoms with Gasteiger partial charge in [-0.15, -0.1) is 0 Å². The molecule has 1 aromatic rings. The summed E-state index contributed by atoms with van der Waals surface area (Å²) >= 11 is 0. The maximum absolute atomic E-state index is 9.89. The fourth-order valence-electron chi connectivity index (χ4n) is 3.84. The van der Waals surface area contributed by atoms with E-state index < -0.39 is 0 Å². The second kappa shape index (κ2) is 7.44. The predicted octanol–water partition coefficient (Wildman–Crippen LogP) is 2.21. The zero-order chi connectivity index (χ0) is 15.4. The molecule has 122 valence electrons. The van der Waals surface area contributed by atoms with Crippen LogP contribution in [0.25, 0.3) is 0 Å². The van der Waals surface area contributed by atoms with Crippen molar-refractivity contribution in [1.82, 2.24) is 15.1 Å². The summed E-state index contributed by atoms with van der Waals surface area (Å²) in [4.78, 5) is 5.22. The number of nitrogens with zero attached hydrogens (tertiary/aromatic N) is 2. The fraction of sp³-hybridized carbons (Fsp3) is 0.667. The zero-order valence-corrected chi connectivity index (χ0v) is 13.7. The van der Waals surface area contributed by atoms with Gasteiger partial charge in [-0.25, -0.2) is 0 Å². The Morgan fingerprint density at radius 3 is 2.77 bits per heavy atom. The van der Waals surface area contributed by atoms with Crippen LogP contribution in [0.15, 0.2) is 24.3 Å². The van der Waals surface area contributed by atoms with Gasteiger partial charge in [-0.1, -0.05) is 18.6 Å². The molecule has 0 radical (unpaired) electrons. The number of nitrogens with one attached hydrogen (secondary N) is 1. The number of phenolic OH excluding ortho intramolecular Hbond substituents is 1. The van der Waals surface area contributed by atoms with Crippen LogP contribution in [0.2, 0.25) is 0 Å². The minimum absolute atomic E-state index is 0.377. The molecule has 0 amide bonds.